The first-order valence-electron chi connectivity index (χ1n) is 12.4. The van der Waals surface area contributed by atoms with Gasteiger partial charge in [0, 0.05) is 13.0 Å². The molecule has 2 N–H and O–H groups in total. The number of ether oxygens (including phenoxy) is 1. The number of carbonyl (C=O) groups excluding carboxylic acids is 2. The summed E-state index contributed by atoms with van der Waals surface area (Å²) in [5.41, 5.74) is 0.879. The van der Waals surface area contributed by atoms with Gasteiger partial charge in [0.25, 0.3) is 0 Å². The van der Waals surface area contributed by atoms with Gasteiger partial charge in [0.15, 0.2) is 0 Å². The number of rotatable bonds is 17. The molecular formula is C26H44N2O3. The maximum Gasteiger partial charge on any atom is 0.407 e. The van der Waals surface area contributed by atoms with Crippen molar-refractivity contribution in [3.8, 4) is 0 Å². The topological polar surface area (TPSA) is 67.4 Å². The summed E-state index contributed by atoms with van der Waals surface area (Å²) in [6.45, 7) is 6.80. The van der Waals surface area contributed by atoms with Crippen LogP contribution in [0.3, 0.4) is 0 Å². The highest BCUT2D eigenvalue weighted by molar-refractivity contribution is 5.76. The molecule has 0 aliphatic rings. The molecule has 5 nitrogen and oxygen atoms in total. The molecule has 0 fully saturated rings. The van der Waals surface area contributed by atoms with Crippen LogP contribution in [0.5, 0.6) is 0 Å². The smallest absolute Gasteiger partial charge is 0.407 e. The average molecular weight is 433 g/mol. The van der Waals surface area contributed by atoms with Crippen molar-refractivity contribution in [2.24, 2.45) is 0 Å². The molecule has 1 aromatic rings. The van der Waals surface area contributed by atoms with E-state index in [0.29, 0.717) is 13.0 Å². The maximum atomic E-state index is 12.4. The molecule has 31 heavy (non-hydrogen) atoms. The third-order valence-corrected chi connectivity index (χ3v) is 5.51. The Kier molecular flexibility index (Phi) is 15.3. The molecule has 0 spiro atoms. The monoisotopic (exact) mass is 432 g/mol. The second-order valence-electron chi connectivity index (χ2n) is 8.45. The number of alkyl carbamates (subject to hydrolysis) is 1. The molecule has 1 aromatic carbocycles. The Morgan fingerprint density at radius 1 is 0.839 bits per heavy atom. The minimum absolute atomic E-state index is 0.0198. The highest BCUT2D eigenvalue weighted by Crippen LogP contribution is 2.22. The van der Waals surface area contributed by atoms with Gasteiger partial charge in [0.05, 0.1) is 6.04 Å². The highest BCUT2D eigenvalue weighted by atomic mass is 16.6. The number of carbonyl (C=O) groups is 2. The zero-order valence-corrected chi connectivity index (χ0v) is 20.0. The highest BCUT2D eigenvalue weighted by Gasteiger charge is 2.24. The lowest BCUT2D eigenvalue weighted by Gasteiger charge is -2.25. The number of nitrogens with one attached hydrogen (secondary N) is 2. The summed E-state index contributed by atoms with van der Waals surface area (Å²) in [4.78, 5) is 24.6. The summed E-state index contributed by atoms with van der Waals surface area (Å²) in [6, 6.07) is 9.30. The van der Waals surface area contributed by atoms with Crippen LogP contribution in [0.25, 0.3) is 0 Å². The fraction of sp³-hybridized carbons (Fsp3) is 0.692. The van der Waals surface area contributed by atoms with Gasteiger partial charge in [-0.25, -0.2) is 4.79 Å². The molecule has 2 amide bonds. The lowest BCUT2D eigenvalue weighted by molar-refractivity contribution is -0.122. The van der Waals surface area contributed by atoms with Crippen molar-refractivity contribution in [1.82, 2.24) is 10.6 Å². The van der Waals surface area contributed by atoms with Crippen molar-refractivity contribution >= 4 is 12.0 Å². The van der Waals surface area contributed by atoms with Crippen LogP contribution in [0, 0.1) is 0 Å². The Labute approximate surface area is 189 Å². The first kappa shape index (κ1) is 27.0. The van der Waals surface area contributed by atoms with Gasteiger partial charge in [-0.05, 0) is 25.3 Å². The molecule has 0 aliphatic heterocycles. The van der Waals surface area contributed by atoms with Gasteiger partial charge < -0.3 is 15.4 Å². The molecule has 0 radical (unpaired) electrons. The molecule has 0 saturated heterocycles. The summed E-state index contributed by atoms with van der Waals surface area (Å²) in [5.74, 6) is 0.0198. The lowest BCUT2D eigenvalue weighted by atomic mass is 10.0. The fourth-order valence-electron chi connectivity index (χ4n) is 3.62. The summed E-state index contributed by atoms with van der Waals surface area (Å²) in [6.07, 6.45) is 12.5. The van der Waals surface area contributed by atoms with Crippen LogP contribution in [0.15, 0.2) is 30.3 Å². The molecule has 0 bridgehead atoms. The van der Waals surface area contributed by atoms with Gasteiger partial charge in [-0.3, -0.25) is 4.79 Å². The average Bonchev–Trinajstić information content (AvgIpc) is 2.77. The number of hydrogen-bond acceptors (Lipinski definition) is 3. The van der Waals surface area contributed by atoms with Crippen LogP contribution >= 0.6 is 0 Å². The first-order chi connectivity index (χ1) is 15.1. The Hall–Kier alpha value is -2.04. The molecule has 0 aliphatic carbocycles. The van der Waals surface area contributed by atoms with Gasteiger partial charge in [0.1, 0.15) is 6.10 Å². The van der Waals surface area contributed by atoms with Crippen LogP contribution in [0.4, 0.5) is 4.79 Å². The number of benzene rings is 1. The largest absolute Gasteiger partial charge is 0.439 e. The number of unbranched alkanes of at least 4 members (excludes halogenated alkanes) is 9. The van der Waals surface area contributed by atoms with E-state index < -0.39 is 12.2 Å². The molecule has 0 aromatic heterocycles. The molecule has 0 unspecified atom stereocenters. The molecule has 2 atom stereocenters. The van der Waals surface area contributed by atoms with Crippen molar-refractivity contribution in [2.45, 2.75) is 110 Å². The van der Waals surface area contributed by atoms with Gasteiger partial charge in [-0.15, -0.1) is 0 Å². The fourth-order valence-corrected chi connectivity index (χ4v) is 3.62. The molecule has 176 valence electrons. The third-order valence-electron chi connectivity index (χ3n) is 5.51. The zero-order chi connectivity index (χ0) is 22.7. The van der Waals surface area contributed by atoms with Crippen molar-refractivity contribution in [2.75, 3.05) is 6.54 Å². The van der Waals surface area contributed by atoms with E-state index in [2.05, 4.69) is 24.5 Å². The normalized spacial score (nSPS) is 12.7. The molecule has 5 heteroatoms. The Morgan fingerprint density at radius 3 is 2.03 bits per heavy atom. The van der Waals surface area contributed by atoms with Crippen LogP contribution in [-0.4, -0.2) is 24.6 Å². The quantitative estimate of drug-likeness (QED) is 0.270. The van der Waals surface area contributed by atoms with E-state index in [0.717, 1.165) is 31.2 Å². The van der Waals surface area contributed by atoms with Crippen molar-refractivity contribution in [3.63, 3.8) is 0 Å². The Bertz CT molecular complexity index is 592. The predicted octanol–water partition coefficient (Wildman–Crippen LogP) is 6.68. The van der Waals surface area contributed by atoms with Gasteiger partial charge in [0.2, 0.25) is 5.91 Å². The Balaban J connectivity index is 2.39. The minimum atomic E-state index is -0.519. The third kappa shape index (κ3) is 13.1. The van der Waals surface area contributed by atoms with Gasteiger partial charge in [-0.2, -0.15) is 0 Å². The van der Waals surface area contributed by atoms with Crippen molar-refractivity contribution in [1.29, 1.82) is 0 Å². The first-order valence-corrected chi connectivity index (χ1v) is 12.4. The SMILES string of the molecule is CCCCCCCCCCCC(=O)N[C@@H](C)[C@H](OC(=O)NCCCC)c1ccccc1. The maximum absolute atomic E-state index is 12.4. The van der Waals surface area contributed by atoms with E-state index in [4.69, 9.17) is 4.74 Å². The Morgan fingerprint density at radius 2 is 1.42 bits per heavy atom. The lowest BCUT2D eigenvalue weighted by Crippen LogP contribution is -2.40. The summed E-state index contributed by atoms with van der Waals surface area (Å²) >= 11 is 0. The van der Waals surface area contributed by atoms with E-state index in [9.17, 15) is 9.59 Å². The van der Waals surface area contributed by atoms with Gasteiger partial charge >= 0.3 is 6.09 Å². The van der Waals surface area contributed by atoms with E-state index in [1.54, 1.807) is 0 Å². The predicted molar refractivity (Wildman–Crippen MR) is 128 cm³/mol. The van der Waals surface area contributed by atoms with E-state index in [-0.39, 0.29) is 11.9 Å². The second-order valence-corrected chi connectivity index (χ2v) is 8.45. The van der Waals surface area contributed by atoms with E-state index >= 15 is 0 Å². The summed E-state index contributed by atoms with van der Waals surface area (Å²) in [5, 5.41) is 5.82. The molecular weight excluding hydrogens is 388 g/mol. The number of hydrogen-bond donors (Lipinski definition) is 2. The molecule has 1 rings (SSSR count). The van der Waals surface area contributed by atoms with Crippen LogP contribution < -0.4 is 10.6 Å². The van der Waals surface area contributed by atoms with Gasteiger partial charge in [-0.1, -0.05) is 102 Å². The summed E-state index contributed by atoms with van der Waals surface area (Å²) in [7, 11) is 0. The van der Waals surface area contributed by atoms with Crippen LogP contribution in [-0.2, 0) is 9.53 Å². The molecule has 0 heterocycles. The minimum Gasteiger partial charge on any atom is -0.439 e. The standard InChI is InChI=1S/C26H44N2O3/c1-4-6-8-9-10-11-12-13-17-20-24(29)28-22(3)25(23-18-15-14-16-19-23)31-26(30)27-21-7-5-2/h14-16,18-19,22,25H,4-13,17,20-21H2,1-3H3,(H,27,30)(H,28,29)/t22-,25-/m0/s1. The van der Waals surface area contributed by atoms with Crippen molar-refractivity contribution in [3.05, 3.63) is 35.9 Å². The second kappa shape index (κ2) is 17.6. The van der Waals surface area contributed by atoms with Crippen LogP contribution in [0.2, 0.25) is 0 Å². The molecule has 0 saturated carbocycles. The zero-order valence-electron chi connectivity index (χ0n) is 20.0. The van der Waals surface area contributed by atoms with Crippen LogP contribution in [0.1, 0.15) is 109 Å². The number of amides is 2. The summed E-state index contributed by atoms with van der Waals surface area (Å²) < 4.78 is 5.68. The van der Waals surface area contributed by atoms with E-state index in [1.165, 1.54) is 44.9 Å². The van der Waals surface area contributed by atoms with E-state index in [1.807, 2.05) is 37.3 Å². The van der Waals surface area contributed by atoms with Crippen molar-refractivity contribution < 1.29 is 14.3 Å².